The van der Waals surface area contributed by atoms with Crippen LogP contribution in [0.3, 0.4) is 0 Å². The average Bonchev–Trinajstić information content (AvgIpc) is 2.66. The number of carbonyl (C=O) groups is 1. The highest BCUT2D eigenvalue weighted by molar-refractivity contribution is 7.92. The molecule has 1 aliphatic heterocycles. The molecule has 136 valence electrons. The van der Waals surface area contributed by atoms with Crippen LogP contribution in [0.15, 0.2) is 53.4 Å². The molecule has 26 heavy (non-hydrogen) atoms. The van der Waals surface area contributed by atoms with Crippen molar-refractivity contribution < 1.29 is 22.7 Å². The molecule has 0 saturated carbocycles. The number of hydrogen-bond donors (Lipinski definition) is 2. The minimum absolute atomic E-state index is 0.115. The van der Waals surface area contributed by atoms with Crippen LogP contribution in [-0.2, 0) is 14.8 Å². The normalized spacial score (nSPS) is 13.4. The Morgan fingerprint density at radius 1 is 1.04 bits per heavy atom. The van der Waals surface area contributed by atoms with Crippen molar-refractivity contribution in [2.24, 2.45) is 0 Å². The van der Waals surface area contributed by atoms with Crippen molar-refractivity contribution in [2.75, 3.05) is 25.0 Å². The van der Waals surface area contributed by atoms with Gasteiger partial charge in [0.1, 0.15) is 13.2 Å². The number of nitrogens with one attached hydrogen (secondary N) is 2. The summed E-state index contributed by atoms with van der Waals surface area (Å²) in [5.41, 5.74) is 1.10. The lowest BCUT2D eigenvalue weighted by Gasteiger charge is -2.19. The second-order valence-electron chi connectivity index (χ2n) is 5.48. The molecule has 3 rings (SSSR count). The molecular formula is C18H18N2O5S. The molecule has 8 heteroatoms. The summed E-state index contributed by atoms with van der Waals surface area (Å²) in [7, 11) is -2.21. The van der Waals surface area contributed by atoms with Gasteiger partial charge in [0.05, 0.1) is 10.6 Å². The summed E-state index contributed by atoms with van der Waals surface area (Å²) in [5.74, 6) is 0.861. The van der Waals surface area contributed by atoms with Crippen LogP contribution in [-0.4, -0.2) is 34.6 Å². The Labute approximate surface area is 151 Å². The lowest BCUT2D eigenvalue weighted by atomic mass is 10.2. The van der Waals surface area contributed by atoms with Crippen LogP contribution < -0.4 is 19.5 Å². The number of fused-ring (bicyclic) bond motifs is 1. The number of hydrogen-bond acceptors (Lipinski definition) is 5. The van der Waals surface area contributed by atoms with Gasteiger partial charge in [0, 0.05) is 19.2 Å². The van der Waals surface area contributed by atoms with Crippen molar-refractivity contribution in [1.29, 1.82) is 0 Å². The monoisotopic (exact) mass is 374 g/mol. The molecule has 0 saturated heterocycles. The third-order valence-electron chi connectivity index (χ3n) is 3.66. The molecule has 0 aliphatic carbocycles. The van der Waals surface area contributed by atoms with E-state index in [2.05, 4.69) is 10.0 Å². The molecule has 0 bridgehead atoms. The quantitative estimate of drug-likeness (QED) is 0.781. The van der Waals surface area contributed by atoms with E-state index in [1.807, 2.05) is 0 Å². The molecular weight excluding hydrogens is 356 g/mol. The van der Waals surface area contributed by atoms with Crippen molar-refractivity contribution in [2.45, 2.75) is 4.90 Å². The summed E-state index contributed by atoms with van der Waals surface area (Å²) < 4.78 is 38.4. The smallest absolute Gasteiger partial charge is 0.261 e. The zero-order chi connectivity index (χ0) is 18.6. The summed E-state index contributed by atoms with van der Waals surface area (Å²) in [6.07, 6.45) is 2.97. The second-order valence-corrected chi connectivity index (χ2v) is 7.16. The molecule has 0 unspecified atom stereocenters. The molecule has 0 fully saturated rings. The van der Waals surface area contributed by atoms with Crippen LogP contribution in [0.5, 0.6) is 11.5 Å². The predicted octanol–water partition coefficient (Wildman–Crippen LogP) is 2.02. The molecule has 2 aromatic rings. The number of amides is 1. The van der Waals surface area contributed by atoms with Crippen LogP contribution >= 0.6 is 0 Å². The van der Waals surface area contributed by atoms with Gasteiger partial charge in [0.15, 0.2) is 11.5 Å². The van der Waals surface area contributed by atoms with Gasteiger partial charge in [-0.25, -0.2) is 8.42 Å². The van der Waals surface area contributed by atoms with Gasteiger partial charge in [-0.1, -0.05) is 12.1 Å². The molecule has 1 aliphatic rings. The fourth-order valence-electron chi connectivity index (χ4n) is 2.33. The van der Waals surface area contributed by atoms with Crippen molar-refractivity contribution in [3.8, 4) is 11.5 Å². The number of carbonyl (C=O) groups excluding carboxylic acids is 1. The topological polar surface area (TPSA) is 93.7 Å². The maximum Gasteiger partial charge on any atom is 0.261 e. The van der Waals surface area contributed by atoms with Crippen LogP contribution in [0.4, 0.5) is 5.69 Å². The number of benzene rings is 2. The van der Waals surface area contributed by atoms with Gasteiger partial charge in [0.2, 0.25) is 5.91 Å². The standard InChI is InChI=1S/C18H18N2O5S/c1-19-18(21)9-4-13-2-6-15(7-3-13)26(22,23)20-14-5-8-16-17(12-14)25-11-10-24-16/h2-9,12,20H,10-11H2,1H3,(H,19,21)/b9-4+. The van der Waals surface area contributed by atoms with Crippen LogP contribution in [0.2, 0.25) is 0 Å². The van der Waals surface area contributed by atoms with Crippen LogP contribution in [0.1, 0.15) is 5.56 Å². The van der Waals surface area contributed by atoms with E-state index in [0.717, 1.165) is 0 Å². The van der Waals surface area contributed by atoms with Gasteiger partial charge >= 0.3 is 0 Å². The van der Waals surface area contributed by atoms with Gasteiger partial charge in [0.25, 0.3) is 10.0 Å². The summed E-state index contributed by atoms with van der Waals surface area (Å²) in [5, 5.41) is 2.47. The molecule has 2 N–H and O–H groups in total. The zero-order valence-corrected chi connectivity index (χ0v) is 14.9. The third-order valence-corrected chi connectivity index (χ3v) is 5.06. The Morgan fingerprint density at radius 2 is 1.73 bits per heavy atom. The highest BCUT2D eigenvalue weighted by Crippen LogP contribution is 2.33. The maximum atomic E-state index is 12.5. The average molecular weight is 374 g/mol. The molecule has 1 amide bonds. The third kappa shape index (κ3) is 4.15. The molecule has 0 radical (unpaired) electrons. The maximum absolute atomic E-state index is 12.5. The van der Waals surface area contributed by atoms with Gasteiger partial charge in [-0.2, -0.15) is 0 Å². The molecule has 2 aromatic carbocycles. The van der Waals surface area contributed by atoms with Crippen LogP contribution in [0.25, 0.3) is 6.08 Å². The van der Waals surface area contributed by atoms with Gasteiger partial charge < -0.3 is 14.8 Å². The first-order valence-corrected chi connectivity index (χ1v) is 9.38. The molecule has 0 aromatic heterocycles. The summed E-state index contributed by atoms with van der Waals surface area (Å²) >= 11 is 0. The van der Waals surface area contributed by atoms with Crippen molar-refractivity contribution in [3.05, 3.63) is 54.1 Å². The zero-order valence-electron chi connectivity index (χ0n) is 14.1. The first-order valence-electron chi connectivity index (χ1n) is 7.90. The number of rotatable bonds is 5. The minimum Gasteiger partial charge on any atom is -0.486 e. The fraction of sp³-hybridized carbons (Fsp3) is 0.167. The van der Waals surface area contributed by atoms with E-state index >= 15 is 0 Å². The number of anilines is 1. The van der Waals surface area contributed by atoms with E-state index in [9.17, 15) is 13.2 Å². The largest absolute Gasteiger partial charge is 0.486 e. The second kappa shape index (κ2) is 7.49. The Morgan fingerprint density at radius 3 is 2.42 bits per heavy atom. The molecule has 0 spiro atoms. The summed E-state index contributed by atoms with van der Waals surface area (Å²) in [6.45, 7) is 0.896. The van der Waals surface area contributed by atoms with E-state index in [-0.39, 0.29) is 10.8 Å². The Hall–Kier alpha value is -3.00. The van der Waals surface area contributed by atoms with Gasteiger partial charge in [-0.15, -0.1) is 0 Å². The first-order chi connectivity index (χ1) is 12.5. The highest BCUT2D eigenvalue weighted by atomic mass is 32.2. The van der Waals surface area contributed by atoms with Crippen molar-refractivity contribution in [1.82, 2.24) is 5.32 Å². The molecule has 1 heterocycles. The van der Waals surface area contributed by atoms with Crippen molar-refractivity contribution >= 4 is 27.7 Å². The van der Waals surface area contributed by atoms with E-state index in [1.54, 1.807) is 36.4 Å². The molecule has 0 atom stereocenters. The minimum atomic E-state index is -3.74. The van der Waals surface area contributed by atoms with E-state index < -0.39 is 10.0 Å². The summed E-state index contributed by atoms with van der Waals surface area (Å²) in [4.78, 5) is 11.3. The Bertz CT molecular complexity index is 937. The Balaban J connectivity index is 1.76. The van der Waals surface area contributed by atoms with E-state index in [4.69, 9.17) is 9.47 Å². The lowest BCUT2D eigenvalue weighted by molar-refractivity contribution is -0.115. The Kier molecular flexibility index (Phi) is 5.13. The first kappa shape index (κ1) is 17.8. The van der Waals surface area contributed by atoms with Gasteiger partial charge in [-0.05, 0) is 35.9 Å². The van der Waals surface area contributed by atoms with E-state index in [1.165, 1.54) is 25.3 Å². The number of ether oxygens (including phenoxy) is 2. The lowest BCUT2D eigenvalue weighted by Crippen LogP contribution is -2.16. The summed E-state index contributed by atoms with van der Waals surface area (Å²) in [6, 6.07) is 11.1. The molecule has 7 nitrogen and oxygen atoms in total. The number of likely N-dealkylation sites (N-methyl/N-ethyl adjacent to an activating group) is 1. The van der Waals surface area contributed by atoms with Gasteiger partial charge in [-0.3, -0.25) is 9.52 Å². The van der Waals surface area contributed by atoms with Crippen molar-refractivity contribution in [3.63, 3.8) is 0 Å². The predicted molar refractivity (Wildman–Crippen MR) is 97.8 cm³/mol. The SMILES string of the molecule is CNC(=O)/C=C/c1ccc(S(=O)(=O)Nc2ccc3c(c2)OCCO3)cc1. The number of sulfonamides is 1. The van der Waals surface area contributed by atoms with E-state index in [0.29, 0.717) is 36.0 Å². The highest BCUT2D eigenvalue weighted by Gasteiger charge is 2.17. The fourth-order valence-corrected chi connectivity index (χ4v) is 3.38. The van der Waals surface area contributed by atoms with Crippen LogP contribution in [0, 0.1) is 0 Å².